The molecule has 0 fully saturated rings. The number of fused-ring (bicyclic) bond motifs is 1. The van der Waals surface area contributed by atoms with E-state index in [1.165, 1.54) is 24.3 Å². The molecule has 22 heavy (non-hydrogen) atoms. The number of primary amides is 1. The molecule has 0 radical (unpaired) electrons. The van der Waals surface area contributed by atoms with E-state index < -0.39 is 17.5 Å². The molecule has 0 saturated carbocycles. The number of anilines is 2. The van der Waals surface area contributed by atoms with Crippen molar-refractivity contribution >= 4 is 40.2 Å². The molecule has 5 nitrogen and oxygen atoms in total. The number of nitrogens with one attached hydrogen (secondary N) is 3. The van der Waals surface area contributed by atoms with E-state index >= 15 is 0 Å². The van der Waals surface area contributed by atoms with Crippen LogP contribution in [0.5, 0.6) is 0 Å². The molecule has 112 valence electrons. The van der Waals surface area contributed by atoms with E-state index in [0.29, 0.717) is 11.0 Å². The van der Waals surface area contributed by atoms with Gasteiger partial charge in [-0.3, -0.25) is 4.79 Å². The Morgan fingerprint density at radius 2 is 2.05 bits per heavy atom. The molecule has 1 aromatic heterocycles. The zero-order valence-corrected chi connectivity index (χ0v) is 11.8. The van der Waals surface area contributed by atoms with Crippen molar-refractivity contribution in [1.29, 1.82) is 0 Å². The Morgan fingerprint density at radius 1 is 1.27 bits per heavy atom. The van der Waals surface area contributed by atoms with Gasteiger partial charge in [-0.15, -0.1) is 0 Å². The molecule has 0 atom stereocenters. The number of H-pyrrole nitrogens is 2. The van der Waals surface area contributed by atoms with Crippen LogP contribution in [0.25, 0.3) is 11.0 Å². The molecule has 1 heterocycles. The Kier molecular flexibility index (Phi) is 3.42. The van der Waals surface area contributed by atoms with E-state index in [0.717, 1.165) is 6.07 Å². The smallest absolute Gasteiger partial charge is 0.358 e. The Balaban J connectivity index is 2.04. The van der Waals surface area contributed by atoms with E-state index in [1.807, 2.05) is 0 Å². The number of carbonyl (C=O) groups excluding carboxylic acids is 1. The monoisotopic (exact) mass is 323 g/mol. The largest absolute Gasteiger partial charge is 0.366 e. The molecular formula is C14H10ClF2N4O+. The Labute approximate surface area is 128 Å². The number of imidazole rings is 1. The van der Waals surface area contributed by atoms with Gasteiger partial charge in [0, 0.05) is 6.07 Å². The average Bonchev–Trinajstić information content (AvgIpc) is 2.83. The van der Waals surface area contributed by atoms with E-state index in [-0.39, 0.29) is 22.2 Å². The first-order chi connectivity index (χ1) is 10.5. The van der Waals surface area contributed by atoms with Crippen LogP contribution in [-0.4, -0.2) is 10.9 Å². The number of hydrogen-bond acceptors (Lipinski definition) is 2. The van der Waals surface area contributed by atoms with Gasteiger partial charge in [0.1, 0.15) is 16.9 Å². The van der Waals surface area contributed by atoms with Crippen LogP contribution < -0.4 is 16.0 Å². The first-order valence-corrected chi connectivity index (χ1v) is 6.59. The van der Waals surface area contributed by atoms with Crippen molar-refractivity contribution in [3.05, 3.63) is 52.6 Å². The second-order valence-electron chi connectivity index (χ2n) is 4.59. The van der Waals surface area contributed by atoms with Gasteiger partial charge in [-0.1, -0.05) is 17.7 Å². The fourth-order valence-corrected chi connectivity index (χ4v) is 2.28. The molecule has 0 spiro atoms. The highest BCUT2D eigenvalue weighted by Crippen LogP contribution is 2.27. The van der Waals surface area contributed by atoms with Gasteiger partial charge in [0.05, 0.1) is 10.6 Å². The van der Waals surface area contributed by atoms with Crippen molar-refractivity contribution in [2.45, 2.75) is 0 Å². The topological polar surface area (TPSA) is 85.1 Å². The lowest BCUT2D eigenvalue weighted by molar-refractivity contribution is -0.326. The molecule has 0 aliphatic rings. The predicted octanol–water partition coefficient (Wildman–Crippen LogP) is 2.76. The van der Waals surface area contributed by atoms with Gasteiger partial charge in [-0.25, -0.2) is 24.1 Å². The van der Waals surface area contributed by atoms with Crippen LogP contribution in [0.3, 0.4) is 0 Å². The maximum absolute atomic E-state index is 13.7. The van der Waals surface area contributed by atoms with Gasteiger partial charge in [-0.2, -0.15) is 0 Å². The van der Waals surface area contributed by atoms with Crippen molar-refractivity contribution < 1.29 is 18.6 Å². The van der Waals surface area contributed by atoms with Crippen molar-refractivity contribution in [3.8, 4) is 0 Å². The second kappa shape index (κ2) is 5.27. The van der Waals surface area contributed by atoms with Gasteiger partial charge in [-0.05, 0) is 18.2 Å². The quantitative estimate of drug-likeness (QED) is 0.692. The fourth-order valence-electron chi connectivity index (χ4n) is 2.07. The molecule has 3 rings (SSSR count). The molecule has 0 aliphatic heterocycles. The molecule has 0 saturated heterocycles. The maximum atomic E-state index is 13.7. The summed E-state index contributed by atoms with van der Waals surface area (Å²) in [5.74, 6) is -1.88. The summed E-state index contributed by atoms with van der Waals surface area (Å²) in [6, 6.07) is 6.66. The first kappa shape index (κ1) is 14.3. The molecule has 0 unspecified atom stereocenters. The van der Waals surface area contributed by atoms with Crippen LogP contribution >= 0.6 is 11.6 Å². The summed E-state index contributed by atoms with van der Waals surface area (Å²) >= 11 is 5.92. The van der Waals surface area contributed by atoms with Crippen LogP contribution in [0.2, 0.25) is 5.02 Å². The summed E-state index contributed by atoms with van der Waals surface area (Å²) in [4.78, 5) is 16.8. The molecular weight excluding hydrogens is 314 g/mol. The van der Waals surface area contributed by atoms with Crippen LogP contribution in [-0.2, 0) is 0 Å². The number of benzene rings is 2. The van der Waals surface area contributed by atoms with Crippen LogP contribution in [0.4, 0.5) is 20.4 Å². The standard InChI is InChI=1S/C14H9ClF2N4O/c15-7-2-1-3-8(16)12(7)21-14-19-10-4-6(13(18)22)9(17)5-11(10)20-14/h1-5H,(H2,18,22)(H2,19,20,21)/p+1. The predicted molar refractivity (Wildman–Crippen MR) is 78.0 cm³/mol. The summed E-state index contributed by atoms with van der Waals surface area (Å²) in [6.07, 6.45) is 0. The number of aromatic amines is 2. The van der Waals surface area contributed by atoms with E-state index in [2.05, 4.69) is 15.3 Å². The Bertz CT molecular complexity index is 874. The highest BCUT2D eigenvalue weighted by atomic mass is 35.5. The SMILES string of the molecule is NC(=O)c1cc2[nH+]c(Nc3c(F)cccc3Cl)[nH]c2cc1F. The van der Waals surface area contributed by atoms with E-state index in [9.17, 15) is 13.6 Å². The van der Waals surface area contributed by atoms with Gasteiger partial charge >= 0.3 is 5.95 Å². The number of amides is 1. The maximum Gasteiger partial charge on any atom is 0.358 e. The summed E-state index contributed by atoms with van der Waals surface area (Å²) in [5.41, 5.74) is 5.75. The molecule has 2 aromatic carbocycles. The fraction of sp³-hybridized carbons (Fsp3) is 0. The lowest BCUT2D eigenvalue weighted by Gasteiger charge is -2.00. The molecule has 1 amide bonds. The lowest BCUT2D eigenvalue weighted by Crippen LogP contribution is -2.14. The van der Waals surface area contributed by atoms with Gasteiger partial charge in [0.15, 0.2) is 11.5 Å². The summed E-state index contributed by atoms with van der Waals surface area (Å²) in [6.45, 7) is 0. The van der Waals surface area contributed by atoms with E-state index in [1.54, 1.807) is 0 Å². The minimum absolute atomic E-state index is 0.0718. The summed E-state index contributed by atoms with van der Waals surface area (Å²) in [7, 11) is 0. The third kappa shape index (κ3) is 2.46. The number of para-hydroxylation sites is 1. The van der Waals surface area contributed by atoms with Gasteiger partial charge in [0.25, 0.3) is 5.91 Å². The van der Waals surface area contributed by atoms with Gasteiger partial charge in [0.2, 0.25) is 0 Å². The zero-order valence-electron chi connectivity index (χ0n) is 11.0. The number of rotatable bonds is 3. The molecule has 5 N–H and O–H groups in total. The van der Waals surface area contributed by atoms with Crippen molar-refractivity contribution in [3.63, 3.8) is 0 Å². The third-order valence-corrected chi connectivity index (χ3v) is 3.42. The lowest BCUT2D eigenvalue weighted by atomic mass is 10.2. The highest BCUT2D eigenvalue weighted by Gasteiger charge is 2.18. The zero-order chi connectivity index (χ0) is 15.9. The number of hydrogen-bond donors (Lipinski definition) is 3. The van der Waals surface area contributed by atoms with Crippen molar-refractivity contribution in [1.82, 2.24) is 4.98 Å². The Morgan fingerprint density at radius 3 is 2.73 bits per heavy atom. The number of halogens is 3. The third-order valence-electron chi connectivity index (χ3n) is 3.10. The van der Waals surface area contributed by atoms with Crippen molar-refractivity contribution in [2.75, 3.05) is 5.32 Å². The van der Waals surface area contributed by atoms with Crippen LogP contribution in [0.1, 0.15) is 10.4 Å². The minimum Gasteiger partial charge on any atom is -0.366 e. The summed E-state index contributed by atoms with van der Waals surface area (Å²) in [5, 5.41) is 2.93. The molecule has 0 aliphatic carbocycles. The normalized spacial score (nSPS) is 10.9. The molecule has 8 heteroatoms. The summed E-state index contributed by atoms with van der Waals surface area (Å²) < 4.78 is 27.4. The molecule has 0 bridgehead atoms. The minimum atomic E-state index is -0.874. The van der Waals surface area contributed by atoms with E-state index in [4.69, 9.17) is 17.3 Å². The van der Waals surface area contributed by atoms with Crippen molar-refractivity contribution in [2.24, 2.45) is 5.73 Å². The van der Waals surface area contributed by atoms with Gasteiger partial charge < -0.3 is 5.73 Å². The number of aromatic nitrogens is 2. The highest BCUT2D eigenvalue weighted by molar-refractivity contribution is 6.33. The number of nitrogens with two attached hydrogens (primary N) is 1. The van der Waals surface area contributed by atoms with Crippen LogP contribution in [0, 0.1) is 11.6 Å². The Hall–Kier alpha value is -2.67. The number of carbonyl (C=O) groups is 1. The first-order valence-electron chi connectivity index (χ1n) is 6.21. The second-order valence-corrected chi connectivity index (χ2v) is 5.00. The average molecular weight is 324 g/mol. The molecule has 3 aromatic rings. The van der Waals surface area contributed by atoms with Crippen LogP contribution in [0.15, 0.2) is 30.3 Å².